The number of hydrogen-bond acceptors (Lipinski definition) is 3. The van der Waals surface area contributed by atoms with Crippen LogP contribution in [-0.4, -0.2) is 23.3 Å². The zero-order valence-electron chi connectivity index (χ0n) is 11.8. The highest BCUT2D eigenvalue weighted by molar-refractivity contribution is 6.62. The Morgan fingerprint density at radius 1 is 1.22 bits per heavy atom. The number of pyridine rings is 1. The maximum absolute atomic E-state index is 6.01. The predicted molar refractivity (Wildman–Crippen MR) is 74.7 cm³/mol. The lowest BCUT2D eigenvalue weighted by atomic mass is 9.79. The summed E-state index contributed by atoms with van der Waals surface area (Å²) in [6, 6.07) is 3.90. The van der Waals surface area contributed by atoms with E-state index in [2.05, 4.69) is 11.6 Å². The second-order valence-electron chi connectivity index (χ2n) is 5.84. The lowest BCUT2D eigenvalue weighted by Gasteiger charge is -2.32. The van der Waals surface area contributed by atoms with Crippen molar-refractivity contribution in [3.63, 3.8) is 0 Å². The molecule has 0 radical (unpaired) electrons. The molecule has 1 aliphatic rings. The van der Waals surface area contributed by atoms with Crippen LogP contribution in [0.5, 0.6) is 0 Å². The Labute approximate surface area is 109 Å². The summed E-state index contributed by atoms with van der Waals surface area (Å²) in [7, 11) is -0.337. The zero-order valence-corrected chi connectivity index (χ0v) is 11.8. The summed E-state index contributed by atoms with van der Waals surface area (Å²) in [5.41, 5.74) is 2.17. The molecule has 2 rings (SSSR count). The molecule has 1 aromatic heterocycles. The van der Waals surface area contributed by atoms with Gasteiger partial charge in [-0.2, -0.15) is 0 Å². The van der Waals surface area contributed by atoms with Gasteiger partial charge in [-0.1, -0.05) is 6.58 Å². The minimum absolute atomic E-state index is 0.315. The third-order valence-corrected chi connectivity index (χ3v) is 3.75. The zero-order chi connectivity index (χ0) is 13.6. The Morgan fingerprint density at radius 3 is 2.28 bits per heavy atom. The molecule has 0 atom stereocenters. The van der Waals surface area contributed by atoms with E-state index in [1.54, 1.807) is 6.20 Å². The summed E-state index contributed by atoms with van der Waals surface area (Å²) in [6.07, 6.45) is 1.77. The summed E-state index contributed by atoms with van der Waals surface area (Å²) >= 11 is 0. The van der Waals surface area contributed by atoms with Gasteiger partial charge in [0, 0.05) is 6.20 Å². The first-order valence-electron chi connectivity index (χ1n) is 6.20. The number of allylic oxidation sites excluding steroid dienone is 1. The third-order valence-electron chi connectivity index (χ3n) is 3.75. The maximum Gasteiger partial charge on any atom is 0.494 e. The van der Waals surface area contributed by atoms with E-state index in [0.717, 1.165) is 16.7 Å². The van der Waals surface area contributed by atoms with Crippen LogP contribution in [0.3, 0.4) is 0 Å². The molecule has 1 saturated heterocycles. The highest BCUT2D eigenvalue weighted by Crippen LogP contribution is 2.36. The molecule has 96 valence electrons. The summed E-state index contributed by atoms with van der Waals surface area (Å²) in [5, 5.41) is 0. The Bertz CT molecular complexity index is 466. The quantitative estimate of drug-likeness (QED) is 0.750. The molecule has 1 aliphatic heterocycles. The molecule has 0 unspecified atom stereocenters. The minimum atomic E-state index is -0.337. The molecule has 3 nitrogen and oxygen atoms in total. The highest BCUT2D eigenvalue weighted by atomic mass is 16.7. The maximum atomic E-state index is 6.01. The molecule has 0 saturated carbocycles. The van der Waals surface area contributed by atoms with Gasteiger partial charge in [0.05, 0.1) is 16.9 Å². The van der Waals surface area contributed by atoms with Gasteiger partial charge in [0.25, 0.3) is 0 Å². The van der Waals surface area contributed by atoms with E-state index < -0.39 is 0 Å². The fourth-order valence-corrected chi connectivity index (χ4v) is 1.81. The van der Waals surface area contributed by atoms with Crippen LogP contribution >= 0.6 is 0 Å². The summed E-state index contributed by atoms with van der Waals surface area (Å²) in [6.45, 7) is 14.0. The van der Waals surface area contributed by atoms with Crippen molar-refractivity contribution in [3.05, 3.63) is 30.6 Å². The average molecular weight is 245 g/mol. The van der Waals surface area contributed by atoms with Crippen LogP contribution in [0, 0.1) is 0 Å². The molecule has 0 spiro atoms. The molecular weight excluding hydrogens is 225 g/mol. The molecular formula is C14H20BNO2. The Hall–Kier alpha value is -1.13. The van der Waals surface area contributed by atoms with Gasteiger partial charge in [-0.15, -0.1) is 0 Å². The Morgan fingerprint density at radius 2 is 1.78 bits per heavy atom. The standard InChI is InChI=1S/C14H20BNO2/c1-10(2)12-9-11(7-8-16-12)15-17-13(3,4)14(5,6)18-15/h7-9H,1H2,2-6H3. The Balaban J connectivity index is 2.30. The molecule has 0 bridgehead atoms. The monoisotopic (exact) mass is 245 g/mol. The summed E-state index contributed by atoms with van der Waals surface area (Å²) < 4.78 is 12.0. The molecule has 1 aromatic rings. The van der Waals surface area contributed by atoms with E-state index in [1.807, 2.05) is 46.8 Å². The first-order valence-corrected chi connectivity index (χ1v) is 6.20. The van der Waals surface area contributed by atoms with Crippen molar-refractivity contribution in [2.75, 3.05) is 0 Å². The molecule has 18 heavy (non-hydrogen) atoms. The molecule has 1 fully saturated rings. The predicted octanol–water partition coefficient (Wildman–Crippen LogP) is 2.41. The topological polar surface area (TPSA) is 31.4 Å². The van der Waals surface area contributed by atoms with Crippen LogP contribution in [0.1, 0.15) is 40.3 Å². The highest BCUT2D eigenvalue weighted by Gasteiger charge is 2.51. The molecule has 0 N–H and O–H groups in total. The van der Waals surface area contributed by atoms with E-state index in [-0.39, 0.29) is 18.3 Å². The van der Waals surface area contributed by atoms with Crippen molar-refractivity contribution in [2.24, 2.45) is 0 Å². The van der Waals surface area contributed by atoms with Crippen molar-refractivity contribution < 1.29 is 9.31 Å². The molecule has 0 aromatic carbocycles. The van der Waals surface area contributed by atoms with Crippen molar-refractivity contribution in [3.8, 4) is 0 Å². The smallest absolute Gasteiger partial charge is 0.399 e. The molecule has 2 heterocycles. The number of hydrogen-bond donors (Lipinski definition) is 0. The second-order valence-corrected chi connectivity index (χ2v) is 5.84. The lowest BCUT2D eigenvalue weighted by Crippen LogP contribution is -2.41. The fourth-order valence-electron chi connectivity index (χ4n) is 1.81. The van der Waals surface area contributed by atoms with Crippen molar-refractivity contribution in [1.82, 2.24) is 4.98 Å². The normalized spacial score (nSPS) is 21.1. The van der Waals surface area contributed by atoms with Gasteiger partial charge in [0.15, 0.2) is 0 Å². The largest absolute Gasteiger partial charge is 0.494 e. The fraction of sp³-hybridized carbons (Fsp3) is 0.500. The summed E-state index contributed by atoms with van der Waals surface area (Å²) in [5.74, 6) is 0. The van der Waals surface area contributed by atoms with Crippen molar-refractivity contribution in [2.45, 2.75) is 45.8 Å². The van der Waals surface area contributed by atoms with E-state index in [9.17, 15) is 0 Å². The van der Waals surface area contributed by atoms with Crippen LogP contribution in [0.15, 0.2) is 24.9 Å². The first-order chi connectivity index (χ1) is 8.23. The first kappa shape index (κ1) is 13.3. The van der Waals surface area contributed by atoms with Gasteiger partial charge in [0.1, 0.15) is 0 Å². The van der Waals surface area contributed by atoms with Gasteiger partial charge in [-0.3, -0.25) is 4.98 Å². The third kappa shape index (κ3) is 2.23. The number of rotatable bonds is 2. The van der Waals surface area contributed by atoms with Crippen LogP contribution < -0.4 is 5.46 Å². The van der Waals surface area contributed by atoms with E-state index in [0.29, 0.717) is 0 Å². The van der Waals surface area contributed by atoms with Gasteiger partial charge in [-0.05, 0) is 57.8 Å². The SMILES string of the molecule is C=C(C)c1cc(B2OC(C)(C)C(C)(C)O2)ccn1. The lowest BCUT2D eigenvalue weighted by molar-refractivity contribution is 0.00578. The molecule has 4 heteroatoms. The minimum Gasteiger partial charge on any atom is -0.399 e. The van der Waals surface area contributed by atoms with Crippen LogP contribution in [0.2, 0.25) is 0 Å². The van der Waals surface area contributed by atoms with Gasteiger partial charge >= 0.3 is 7.12 Å². The van der Waals surface area contributed by atoms with E-state index in [4.69, 9.17) is 9.31 Å². The van der Waals surface area contributed by atoms with E-state index >= 15 is 0 Å². The summed E-state index contributed by atoms with van der Waals surface area (Å²) in [4.78, 5) is 4.27. The van der Waals surface area contributed by atoms with Crippen molar-refractivity contribution in [1.29, 1.82) is 0 Å². The Kier molecular flexibility index (Phi) is 3.12. The van der Waals surface area contributed by atoms with Crippen LogP contribution in [-0.2, 0) is 9.31 Å². The van der Waals surface area contributed by atoms with Crippen LogP contribution in [0.4, 0.5) is 0 Å². The average Bonchev–Trinajstić information content (AvgIpc) is 2.48. The molecule has 0 amide bonds. The van der Waals surface area contributed by atoms with Crippen LogP contribution in [0.25, 0.3) is 5.57 Å². The van der Waals surface area contributed by atoms with E-state index in [1.165, 1.54) is 0 Å². The van der Waals surface area contributed by atoms with Gasteiger partial charge < -0.3 is 9.31 Å². The van der Waals surface area contributed by atoms with Crippen molar-refractivity contribution >= 4 is 18.2 Å². The number of aromatic nitrogens is 1. The molecule has 0 aliphatic carbocycles. The van der Waals surface area contributed by atoms with Gasteiger partial charge in [0.2, 0.25) is 0 Å². The second kappa shape index (κ2) is 4.21. The number of nitrogens with zero attached hydrogens (tertiary/aromatic N) is 1. The van der Waals surface area contributed by atoms with Gasteiger partial charge in [-0.25, -0.2) is 0 Å².